The largest absolute Gasteiger partial charge is 0.423 e. The molecule has 0 unspecified atom stereocenters. The molecule has 23 heavy (non-hydrogen) atoms. The molecule has 5 heteroatoms. The molecule has 0 atom stereocenters. The Morgan fingerprint density at radius 3 is 2.35 bits per heavy atom. The average Bonchev–Trinajstić information content (AvgIpc) is 2.48. The number of esters is 1. The summed E-state index contributed by atoms with van der Waals surface area (Å²) in [5.74, 6) is -0.0391. The molecule has 2 aromatic rings. The van der Waals surface area contributed by atoms with E-state index in [1.165, 1.54) is 0 Å². The van der Waals surface area contributed by atoms with Crippen molar-refractivity contribution in [3.63, 3.8) is 0 Å². The van der Waals surface area contributed by atoms with Crippen molar-refractivity contribution in [2.75, 3.05) is 5.32 Å². The quantitative estimate of drug-likeness (QED) is 0.350. The number of ether oxygens (including phenoxy) is 1. The van der Waals surface area contributed by atoms with E-state index in [-0.39, 0.29) is 11.4 Å². The van der Waals surface area contributed by atoms with Crippen LogP contribution in [0.1, 0.15) is 36.7 Å². The summed E-state index contributed by atoms with van der Waals surface area (Å²) in [7, 11) is 0. The van der Waals surface area contributed by atoms with Crippen molar-refractivity contribution >= 4 is 17.6 Å². The van der Waals surface area contributed by atoms with Gasteiger partial charge in [0.05, 0.1) is 5.56 Å². The van der Waals surface area contributed by atoms with Crippen LogP contribution in [0.15, 0.2) is 48.5 Å². The van der Waals surface area contributed by atoms with Crippen LogP contribution in [-0.2, 0) is 5.41 Å². The van der Waals surface area contributed by atoms with Gasteiger partial charge in [0.25, 0.3) is 0 Å². The molecule has 0 aliphatic heterocycles. The monoisotopic (exact) mass is 311 g/mol. The number of benzene rings is 2. The molecule has 0 aliphatic rings. The lowest BCUT2D eigenvalue weighted by molar-refractivity contribution is 0.0732. The van der Waals surface area contributed by atoms with Crippen LogP contribution < -0.4 is 15.8 Å². The molecule has 0 heterocycles. The highest BCUT2D eigenvalue weighted by Gasteiger charge is 2.21. The lowest BCUT2D eigenvalue weighted by Crippen LogP contribution is -2.21. The summed E-state index contributed by atoms with van der Waals surface area (Å²) >= 11 is 0. The number of hydrogen-bond acceptors (Lipinski definition) is 3. The number of nitrogens with one attached hydrogen (secondary N) is 2. The molecule has 0 amide bonds. The number of hydrogen-bond donors (Lipinski definition) is 3. The van der Waals surface area contributed by atoms with E-state index in [0.29, 0.717) is 17.0 Å². The molecule has 0 fully saturated rings. The molecule has 0 spiro atoms. The van der Waals surface area contributed by atoms with Gasteiger partial charge in [0, 0.05) is 11.3 Å². The Hall–Kier alpha value is -2.82. The molecule has 0 bridgehead atoms. The second-order valence-corrected chi connectivity index (χ2v) is 6.26. The number of rotatable bonds is 3. The van der Waals surface area contributed by atoms with Crippen LogP contribution in [-0.4, -0.2) is 11.9 Å². The molecule has 4 N–H and O–H groups in total. The number of guanidine groups is 1. The van der Waals surface area contributed by atoms with Crippen molar-refractivity contribution in [3.05, 3.63) is 59.7 Å². The molecule has 0 aliphatic carbocycles. The molecule has 0 saturated carbocycles. The molecule has 120 valence electrons. The molecule has 0 saturated heterocycles. The smallest absolute Gasteiger partial charge is 0.343 e. The van der Waals surface area contributed by atoms with Gasteiger partial charge < -0.3 is 15.8 Å². The van der Waals surface area contributed by atoms with Gasteiger partial charge in [-0.1, -0.05) is 39.0 Å². The first kappa shape index (κ1) is 16.5. The predicted octanol–water partition coefficient (Wildman–Crippen LogP) is 3.51. The second-order valence-electron chi connectivity index (χ2n) is 6.26. The molecule has 0 aromatic heterocycles. The third kappa shape index (κ3) is 4.32. The van der Waals surface area contributed by atoms with Gasteiger partial charge >= 0.3 is 5.97 Å². The van der Waals surface area contributed by atoms with Gasteiger partial charge in [0.1, 0.15) is 5.75 Å². The Kier molecular flexibility index (Phi) is 4.69. The summed E-state index contributed by atoms with van der Waals surface area (Å²) in [5, 5.41) is 10.1. The summed E-state index contributed by atoms with van der Waals surface area (Å²) in [5.41, 5.74) is 7.17. The van der Waals surface area contributed by atoms with Gasteiger partial charge in [-0.3, -0.25) is 5.41 Å². The molecule has 2 aromatic carbocycles. The van der Waals surface area contributed by atoms with Gasteiger partial charge in [-0.15, -0.1) is 0 Å². The maximum absolute atomic E-state index is 12.3. The first-order valence-corrected chi connectivity index (χ1v) is 7.30. The minimum atomic E-state index is -0.400. The second kappa shape index (κ2) is 6.52. The van der Waals surface area contributed by atoms with Crippen LogP contribution >= 0.6 is 0 Å². The van der Waals surface area contributed by atoms with Crippen molar-refractivity contribution in [3.8, 4) is 5.75 Å². The standard InChI is InChI=1S/C18H21N3O2/c1-18(2,3)14-11-13(21-17(19)20)9-10-15(14)23-16(22)12-7-5-4-6-8-12/h4-11H,1-3H3,(H4,19,20,21). The zero-order valence-electron chi connectivity index (χ0n) is 13.5. The van der Waals surface area contributed by atoms with E-state index in [1.54, 1.807) is 36.4 Å². The van der Waals surface area contributed by atoms with Crippen LogP contribution in [0.2, 0.25) is 0 Å². The zero-order valence-corrected chi connectivity index (χ0v) is 13.5. The zero-order chi connectivity index (χ0) is 17.0. The van der Waals surface area contributed by atoms with Crippen LogP contribution in [0.4, 0.5) is 5.69 Å². The summed E-state index contributed by atoms with van der Waals surface area (Å²) in [6.07, 6.45) is 0. The predicted molar refractivity (Wildman–Crippen MR) is 92.1 cm³/mol. The fourth-order valence-corrected chi connectivity index (χ4v) is 2.17. The van der Waals surface area contributed by atoms with Crippen LogP contribution in [0.3, 0.4) is 0 Å². The van der Waals surface area contributed by atoms with Crippen molar-refractivity contribution in [2.24, 2.45) is 5.73 Å². The summed E-state index contributed by atoms with van der Waals surface area (Å²) < 4.78 is 5.57. The number of carbonyl (C=O) groups is 1. The molecule has 2 rings (SSSR count). The molecular weight excluding hydrogens is 290 g/mol. The van der Waals surface area contributed by atoms with E-state index in [9.17, 15) is 4.79 Å². The van der Waals surface area contributed by atoms with E-state index in [0.717, 1.165) is 5.56 Å². The first-order chi connectivity index (χ1) is 10.8. The maximum Gasteiger partial charge on any atom is 0.343 e. The Morgan fingerprint density at radius 2 is 1.78 bits per heavy atom. The van der Waals surface area contributed by atoms with Gasteiger partial charge in [0.15, 0.2) is 5.96 Å². The number of anilines is 1. The van der Waals surface area contributed by atoms with Gasteiger partial charge in [-0.05, 0) is 35.7 Å². The van der Waals surface area contributed by atoms with E-state index in [2.05, 4.69) is 5.32 Å². The maximum atomic E-state index is 12.3. The summed E-state index contributed by atoms with van der Waals surface area (Å²) in [6, 6.07) is 14.1. The Balaban J connectivity index is 2.34. The van der Waals surface area contributed by atoms with E-state index >= 15 is 0 Å². The van der Waals surface area contributed by atoms with E-state index in [4.69, 9.17) is 15.9 Å². The van der Waals surface area contributed by atoms with E-state index < -0.39 is 5.97 Å². The molecular formula is C18H21N3O2. The summed E-state index contributed by atoms with van der Waals surface area (Å²) in [6.45, 7) is 6.08. The normalized spacial score (nSPS) is 10.9. The molecule has 0 radical (unpaired) electrons. The van der Waals surface area contributed by atoms with E-state index in [1.807, 2.05) is 32.9 Å². The minimum absolute atomic E-state index is 0.140. The Labute approximate surface area is 136 Å². The Morgan fingerprint density at radius 1 is 1.13 bits per heavy atom. The Bertz CT molecular complexity index is 719. The highest BCUT2D eigenvalue weighted by Crippen LogP contribution is 2.34. The molecule has 5 nitrogen and oxygen atoms in total. The lowest BCUT2D eigenvalue weighted by atomic mass is 9.86. The topological polar surface area (TPSA) is 88.2 Å². The van der Waals surface area contributed by atoms with Crippen molar-refractivity contribution < 1.29 is 9.53 Å². The first-order valence-electron chi connectivity index (χ1n) is 7.30. The van der Waals surface area contributed by atoms with Crippen LogP contribution in [0.25, 0.3) is 0 Å². The average molecular weight is 311 g/mol. The van der Waals surface area contributed by atoms with Crippen LogP contribution in [0.5, 0.6) is 5.75 Å². The third-order valence-corrected chi connectivity index (χ3v) is 3.28. The van der Waals surface area contributed by atoms with Crippen molar-refractivity contribution in [2.45, 2.75) is 26.2 Å². The number of nitrogens with two attached hydrogens (primary N) is 1. The third-order valence-electron chi connectivity index (χ3n) is 3.28. The minimum Gasteiger partial charge on any atom is -0.423 e. The SMILES string of the molecule is CC(C)(C)c1cc(NC(=N)N)ccc1OC(=O)c1ccccc1. The van der Waals surface area contributed by atoms with Crippen molar-refractivity contribution in [1.82, 2.24) is 0 Å². The fraction of sp³-hybridized carbons (Fsp3) is 0.222. The van der Waals surface area contributed by atoms with Crippen molar-refractivity contribution in [1.29, 1.82) is 5.41 Å². The van der Waals surface area contributed by atoms with Crippen LogP contribution in [0, 0.1) is 5.41 Å². The van der Waals surface area contributed by atoms with Gasteiger partial charge in [0.2, 0.25) is 0 Å². The summed E-state index contributed by atoms with van der Waals surface area (Å²) in [4.78, 5) is 12.3. The van der Waals surface area contributed by atoms with Gasteiger partial charge in [-0.25, -0.2) is 4.79 Å². The lowest BCUT2D eigenvalue weighted by Gasteiger charge is -2.23. The van der Waals surface area contributed by atoms with Gasteiger partial charge in [-0.2, -0.15) is 0 Å². The fourth-order valence-electron chi connectivity index (χ4n) is 2.17. The highest BCUT2D eigenvalue weighted by molar-refractivity contribution is 5.92. The highest BCUT2D eigenvalue weighted by atomic mass is 16.5. The number of carbonyl (C=O) groups excluding carboxylic acids is 1.